The molecule has 2 amide bonds. The summed E-state index contributed by atoms with van der Waals surface area (Å²) in [7, 11) is 0. The molecular formula is C20H30N4O2S. The number of thiazole rings is 1. The number of aromatic nitrogens is 1. The van der Waals surface area contributed by atoms with Gasteiger partial charge in [0.2, 0.25) is 11.8 Å². The van der Waals surface area contributed by atoms with Gasteiger partial charge in [-0.2, -0.15) is 0 Å². The Morgan fingerprint density at radius 3 is 2.67 bits per heavy atom. The highest BCUT2D eigenvalue weighted by Gasteiger charge is 2.34. The highest BCUT2D eigenvalue weighted by atomic mass is 32.1. The Hall–Kier alpha value is -1.47. The summed E-state index contributed by atoms with van der Waals surface area (Å²) >= 11 is 1.59. The first-order chi connectivity index (χ1) is 13.1. The van der Waals surface area contributed by atoms with E-state index in [2.05, 4.69) is 15.2 Å². The van der Waals surface area contributed by atoms with Gasteiger partial charge in [-0.05, 0) is 57.5 Å². The van der Waals surface area contributed by atoms with Crippen molar-refractivity contribution in [2.45, 2.75) is 64.5 Å². The highest BCUT2D eigenvalue weighted by Crippen LogP contribution is 2.34. The Balaban J connectivity index is 1.26. The van der Waals surface area contributed by atoms with Crippen LogP contribution in [0.1, 0.15) is 57.6 Å². The van der Waals surface area contributed by atoms with Gasteiger partial charge >= 0.3 is 0 Å². The van der Waals surface area contributed by atoms with Crippen molar-refractivity contribution in [1.29, 1.82) is 0 Å². The number of nitrogens with zero attached hydrogens (tertiary/aromatic N) is 4. The standard InChI is InChI=1S/C20H30N4O2S/c1-15(25)24(18-5-6-18)20-21-17(14-27-20)13-22-10-7-16(8-11-22)12-23-9-3-2-4-19(23)26/h14,16,18H,2-13H2,1H3. The third-order valence-electron chi connectivity index (χ3n) is 5.99. The van der Waals surface area contributed by atoms with E-state index in [1.807, 2.05) is 4.90 Å². The summed E-state index contributed by atoms with van der Waals surface area (Å²) in [6.45, 7) is 6.54. The molecule has 3 heterocycles. The van der Waals surface area contributed by atoms with Gasteiger partial charge in [-0.15, -0.1) is 11.3 Å². The van der Waals surface area contributed by atoms with Crippen LogP contribution in [0.2, 0.25) is 0 Å². The average Bonchev–Trinajstić information content (AvgIpc) is 3.37. The number of carbonyl (C=O) groups excluding carboxylic acids is 2. The fourth-order valence-corrected chi connectivity index (χ4v) is 5.21. The summed E-state index contributed by atoms with van der Waals surface area (Å²) in [6.07, 6.45) is 7.47. The zero-order valence-corrected chi connectivity index (χ0v) is 17.0. The summed E-state index contributed by atoms with van der Waals surface area (Å²) in [5.41, 5.74) is 1.08. The summed E-state index contributed by atoms with van der Waals surface area (Å²) in [4.78, 5) is 35.1. The first-order valence-electron chi connectivity index (χ1n) is 10.3. The fraction of sp³-hybridized carbons (Fsp3) is 0.750. The Bertz CT molecular complexity index is 679. The maximum atomic E-state index is 12.0. The Morgan fingerprint density at radius 2 is 2.00 bits per heavy atom. The molecule has 6 nitrogen and oxygen atoms in total. The van der Waals surface area contributed by atoms with Crippen molar-refractivity contribution in [1.82, 2.24) is 14.8 Å². The third-order valence-corrected chi connectivity index (χ3v) is 6.88. The second-order valence-corrected chi connectivity index (χ2v) is 9.09. The lowest BCUT2D eigenvalue weighted by molar-refractivity contribution is -0.134. The van der Waals surface area contributed by atoms with E-state index in [1.54, 1.807) is 18.3 Å². The van der Waals surface area contributed by atoms with Gasteiger partial charge in [0.25, 0.3) is 0 Å². The van der Waals surface area contributed by atoms with Crippen LogP contribution in [0.15, 0.2) is 5.38 Å². The van der Waals surface area contributed by atoms with Gasteiger partial charge in [-0.25, -0.2) is 4.98 Å². The smallest absolute Gasteiger partial charge is 0.225 e. The van der Waals surface area contributed by atoms with Crippen LogP contribution in [0.25, 0.3) is 0 Å². The van der Waals surface area contributed by atoms with Crippen molar-refractivity contribution >= 4 is 28.3 Å². The molecule has 1 aliphatic carbocycles. The molecule has 0 unspecified atom stereocenters. The highest BCUT2D eigenvalue weighted by molar-refractivity contribution is 7.14. The number of hydrogen-bond donors (Lipinski definition) is 0. The van der Waals surface area contributed by atoms with Crippen molar-refractivity contribution < 1.29 is 9.59 Å². The van der Waals surface area contributed by atoms with Crippen molar-refractivity contribution in [2.75, 3.05) is 31.1 Å². The van der Waals surface area contributed by atoms with Gasteiger partial charge < -0.3 is 4.90 Å². The molecule has 1 saturated carbocycles. The van der Waals surface area contributed by atoms with Crippen LogP contribution in [0.3, 0.4) is 0 Å². The Kier molecular flexibility index (Phi) is 5.78. The van der Waals surface area contributed by atoms with Crippen LogP contribution < -0.4 is 4.90 Å². The van der Waals surface area contributed by atoms with E-state index in [0.717, 1.165) is 88.5 Å². The predicted octanol–water partition coefficient (Wildman–Crippen LogP) is 2.88. The first kappa shape index (κ1) is 18.9. The monoisotopic (exact) mass is 390 g/mol. The second-order valence-electron chi connectivity index (χ2n) is 8.26. The normalized spacial score (nSPS) is 22.3. The quantitative estimate of drug-likeness (QED) is 0.749. The van der Waals surface area contributed by atoms with Gasteiger partial charge in [-0.3, -0.25) is 19.4 Å². The molecule has 4 rings (SSSR count). The minimum Gasteiger partial charge on any atom is -0.342 e. The minimum atomic E-state index is 0.103. The number of likely N-dealkylation sites (tertiary alicyclic amines) is 2. The van der Waals surface area contributed by atoms with E-state index in [-0.39, 0.29) is 5.91 Å². The van der Waals surface area contributed by atoms with E-state index in [4.69, 9.17) is 4.98 Å². The summed E-state index contributed by atoms with van der Waals surface area (Å²) in [5, 5.41) is 2.96. The van der Waals surface area contributed by atoms with Crippen molar-refractivity contribution in [3.05, 3.63) is 11.1 Å². The molecular weight excluding hydrogens is 360 g/mol. The largest absolute Gasteiger partial charge is 0.342 e. The lowest BCUT2D eigenvalue weighted by Crippen LogP contribution is -2.42. The molecule has 148 valence electrons. The van der Waals surface area contributed by atoms with Crippen molar-refractivity contribution in [3.8, 4) is 0 Å². The zero-order chi connectivity index (χ0) is 18.8. The average molecular weight is 391 g/mol. The number of rotatable bonds is 6. The van der Waals surface area contributed by atoms with E-state index < -0.39 is 0 Å². The van der Waals surface area contributed by atoms with Crippen LogP contribution >= 0.6 is 11.3 Å². The van der Waals surface area contributed by atoms with Gasteiger partial charge in [0.15, 0.2) is 5.13 Å². The maximum absolute atomic E-state index is 12.0. The molecule has 2 saturated heterocycles. The Morgan fingerprint density at radius 1 is 1.22 bits per heavy atom. The number of anilines is 1. The third kappa shape index (κ3) is 4.69. The summed E-state index contributed by atoms with van der Waals surface area (Å²) < 4.78 is 0. The SMILES string of the molecule is CC(=O)N(c1nc(CN2CCC(CN3CCCCC3=O)CC2)cs1)C1CC1. The lowest BCUT2D eigenvalue weighted by Gasteiger charge is -2.35. The number of hydrogen-bond acceptors (Lipinski definition) is 5. The molecule has 1 aromatic rings. The first-order valence-corrected chi connectivity index (χ1v) is 11.2. The van der Waals surface area contributed by atoms with Gasteiger partial charge in [0.05, 0.1) is 5.69 Å². The number of piperidine rings is 2. The Labute approximate surface area is 165 Å². The van der Waals surface area contributed by atoms with E-state index in [1.165, 1.54) is 0 Å². The minimum absolute atomic E-state index is 0.103. The van der Waals surface area contributed by atoms with Gasteiger partial charge in [0, 0.05) is 44.4 Å². The van der Waals surface area contributed by atoms with Crippen LogP contribution in [-0.4, -0.2) is 58.8 Å². The summed E-state index contributed by atoms with van der Waals surface area (Å²) in [5.74, 6) is 1.09. The van der Waals surface area contributed by atoms with E-state index in [0.29, 0.717) is 17.9 Å². The number of amides is 2. The van der Waals surface area contributed by atoms with Crippen LogP contribution in [-0.2, 0) is 16.1 Å². The molecule has 7 heteroatoms. The van der Waals surface area contributed by atoms with E-state index in [9.17, 15) is 9.59 Å². The second kappa shape index (κ2) is 8.27. The molecule has 0 radical (unpaired) electrons. The summed E-state index contributed by atoms with van der Waals surface area (Å²) in [6, 6.07) is 0.370. The lowest BCUT2D eigenvalue weighted by atomic mass is 9.95. The van der Waals surface area contributed by atoms with Crippen molar-refractivity contribution in [2.24, 2.45) is 5.92 Å². The van der Waals surface area contributed by atoms with Crippen molar-refractivity contribution in [3.63, 3.8) is 0 Å². The predicted molar refractivity (Wildman–Crippen MR) is 107 cm³/mol. The molecule has 1 aromatic heterocycles. The van der Waals surface area contributed by atoms with Crippen LogP contribution in [0.5, 0.6) is 0 Å². The maximum Gasteiger partial charge on any atom is 0.225 e. The molecule has 0 aromatic carbocycles. The molecule has 3 fully saturated rings. The molecule has 0 bridgehead atoms. The number of carbonyl (C=O) groups is 2. The van der Waals surface area contributed by atoms with Crippen LogP contribution in [0.4, 0.5) is 5.13 Å². The molecule has 27 heavy (non-hydrogen) atoms. The fourth-order valence-electron chi connectivity index (χ4n) is 4.28. The molecule has 0 atom stereocenters. The molecule has 2 aliphatic heterocycles. The zero-order valence-electron chi connectivity index (χ0n) is 16.2. The van der Waals surface area contributed by atoms with Gasteiger partial charge in [0.1, 0.15) is 0 Å². The van der Waals surface area contributed by atoms with Gasteiger partial charge in [-0.1, -0.05) is 0 Å². The molecule has 0 N–H and O–H groups in total. The molecule has 3 aliphatic rings. The topological polar surface area (TPSA) is 56.8 Å². The van der Waals surface area contributed by atoms with Crippen LogP contribution in [0, 0.1) is 5.92 Å². The molecule has 0 spiro atoms. The van der Waals surface area contributed by atoms with E-state index >= 15 is 0 Å².